The summed E-state index contributed by atoms with van der Waals surface area (Å²) in [6, 6.07) is 7.00. The van der Waals surface area contributed by atoms with Crippen LogP contribution in [0.15, 0.2) is 79.4 Å². The normalized spacial score (nSPS) is 18.4. The monoisotopic (exact) mass is 934 g/mol. The molecule has 4 fully saturated rings. The number of aromatic nitrogens is 2. The molecule has 3 N–H and O–H groups in total. The molecule has 0 bridgehead atoms. The van der Waals surface area contributed by atoms with Crippen LogP contribution in [0.5, 0.6) is 0 Å². The lowest BCUT2D eigenvalue weighted by atomic mass is 10.2. The number of rotatable bonds is 9. The summed E-state index contributed by atoms with van der Waals surface area (Å²) < 4.78 is -0.453. The first-order valence-electron chi connectivity index (χ1n) is 16.7. The summed E-state index contributed by atoms with van der Waals surface area (Å²) in [5, 5.41) is 33.1. The van der Waals surface area contributed by atoms with Crippen LogP contribution in [0, 0.1) is 20.2 Å². The van der Waals surface area contributed by atoms with Gasteiger partial charge >= 0.3 is 11.4 Å². The molecule has 6 rings (SSSR count). The second-order valence-corrected chi connectivity index (χ2v) is 17.2. The summed E-state index contributed by atoms with van der Waals surface area (Å²) in [5.41, 5.74) is 1.57. The van der Waals surface area contributed by atoms with Crippen LogP contribution in [-0.4, -0.2) is 110 Å². The molecule has 300 valence electrons. The maximum Gasteiger partial charge on any atom is 0.334 e. The SMILES string of the molecule is C1CSCCN1.O=[N+]([O-])/C(C(=C(Cl)Cl)N1CCSCC1)=C1\NCCN1Cc1ccc(Cl)nc1.O=[N+]([O-])/C(C(Cl)=C(Cl)Cl)=C1\NCCN1Cc1ccc(Cl)nc1. The van der Waals surface area contributed by atoms with Gasteiger partial charge in [0, 0.05) is 101 Å². The highest BCUT2D eigenvalue weighted by molar-refractivity contribution is 7.99. The van der Waals surface area contributed by atoms with Gasteiger partial charge in [0.2, 0.25) is 0 Å². The summed E-state index contributed by atoms with van der Waals surface area (Å²) in [7, 11) is 0. The van der Waals surface area contributed by atoms with Crippen molar-refractivity contribution in [2.45, 2.75) is 13.1 Å². The Bertz CT molecular complexity index is 1740. The van der Waals surface area contributed by atoms with E-state index in [1.807, 2.05) is 27.6 Å². The van der Waals surface area contributed by atoms with Gasteiger partial charge in [0.15, 0.2) is 22.4 Å². The fraction of sp³-hybridized carbons (Fsp3) is 0.438. The van der Waals surface area contributed by atoms with Crippen molar-refractivity contribution in [3.63, 3.8) is 0 Å². The minimum Gasteiger partial charge on any atom is -0.364 e. The molecule has 6 heterocycles. The Labute approximate surface area is 362 Å². The maximum absolute atomic E-state index is 12.0. The predicted molar refractivity (Wildman–Crippen MR) is 226 cm³/mol. The quantitative estimate of drug-likeness (QED) is 0.133. The van der Waals surface area contributed by atoms with Gasteiger partial charge in [0.25, 0.3) is 0 Å². The Balaban J connectivity index is 0.000000215. The highest BCUT2D eigenvalue weighted by Crippen LogP contribution is 2.32. The van der Waals surface area contributed by atoms with E-state index in [4.69, 9.17) is 81.2 Å². The molecular weight excluding hydrogens is 901 g/mol. The van der Waals surface area contributed by atoms with Crippen molar-refractivity contribution in [3.8, 4) is 0 Å². The summed E-state index contributed by atoms with van der Waals surface area (Å²) in [6.45, 7) is 6.95. The van der Waals surface area contributed by atoms with E-state index in [1.54, 1.807) is 47.3 Å². The van der Waals surface area contributed by atoms with Crippen LogP contribution in [0.2, 0.25) is 10.3 Å². The maximum atomic E-state index is 12.0. The molecule has 4 aliphatic rings. The number of allylic oxidation sites excluding steroid dienone is 1. The topological polar surface area (TPSA) is 158 Å². The van der Waals surface area contributed by atoms with Gasteiger partial charge in [-0.05, 0) is 23.3 Å². The van der Waals surface area contributed by atoms with Gasteiger partial charge < -0.3 is 30.7 Å². The van der Waals surface area contributed by atoms with Crippen LogP contribution in [0.4, 0.5) is 0 Å². The summed E-state index contributed by atoms with van der Waals surface area (Å²) >= 11 is 44.6. The number of nitrogens with one attached hydrogen (secondary N) is 3. The van der Waals surface area contributed by atoms with Gasteiger partial charge in [0.1, 0.15) is 19.3 Å². The second kappa shape index (κ2) is 23.2. The van der Waals surface area contributed by atoms with Crippen molar-refractivity contribution in [3.05, 3.63) is 121 Å². The molecule has 2 aromatic rings. The van der Waals surface area contributed by atoms with Crippen LogP contribution in [0.3, 0.4) is 0 Å². The van der Waals surface area contributed by atoms with Crippen molar-refractivity contribution >= 4 is 105 Å². The van der Waals surface area contributed by atoms with Gasteiger partial charge in [-0.1, -0.05) is 93.3 Å². The lowest BCUT2D eigenvalue weighted by Gasteiger charge is -2.30. The second-order valence-electron chi connectivity index (χ2n) is 11.7. The largest absolute Gasteiger partial charge is 0.364 e. The summed E-state index contributed by atoms with van der Waals surface area (Å²) in [5.74, 6) is 5.04. The number of hydrogen-bond acceptors (Lipinski definition) is 14. The first kappa shape index (κ1) is 45.5. The Morgan fingerprint density at radius 3 is 1.51 bits per heavy atom. The van der Waals surface area contributed by atoms with Gasteiger partial charge in [-0.15, -0.1) is 0 Å². The molecule has 0 unspecified atom stereocenters. The zero-order valence-electron chi connectivity index (χ0n) is 29.1. The lowest BCUT2D eigenvalue weighted by molar-refractivity contribution is -0.425. The number of thioether (sulfide) groups is 2. The zero-order valence-corrected chi connectivity index (χ0v) is 36.0. The van der Waals surface area contributed by atoms with E-state index in [1.165, 1.54) is 24.6 Å². The molecule has 14 nitrogen and oxygen atoms in total. The molecule has 4 saturated heterocycles. The highest BCUT2D eigenvalue weighted by Gasteiger charge is 2.36. The van der Waals surface area contributed by atoms with Crippen molar-refractivity contribution in [2.24, 2.45) is 0 Å². The van der Waals surface area contributed by atoms with E-state index < -0.39 is 9.85 Å². The van der Waals surface area contributed by atoms with E-state index in [0.717, 1.165) is 22.6 Å². The molecule has 0 atom stereocenters. The Hall–Kier alpha value is -2.25. The molecule has 0 radical (unpaired) electrons. The van der Waals surface area contributed by atoms with Crippen LogP contribution in [0.1, 0.15) is 11.1 Å². The van der Waals surface area contributed by atoms with Gasteiger partial charge in [-0.3, -0.25) is 20.2 Å². The molecule has 2 aromatic heterocycles. The molecule has 4 aliphatic heterocycles. The molecule has 0 spiro atoms. The predicted octanol–water partition coefficient (Wildman–Crippen LogP) is 7.08. The van der Waals surface area contributed by atoms with Gasteiger partial charge in [-0.25, -0.2) is 9.97 Å². The molecule has 55 heavy (non-hydrogen) atoms. The molecule has 0 aliphatic carbocycles. The van der Waals surface area contributed by atoms with E-state index in [-0.39, 0.29) is 36.9 Å². The number of halogens is 7. The standard InChI is InChI=1S/C16H18Cl3N5O2S.C12H10Cl4N4O2.C4H9NS/c17-12-2-1-11(9-21-12)10-23-4-3-20-16(23)14(24(25)26)13(15(18)19)22-5-7-27-8-6-22;13-8-2-1-7(5-18-8)6-19-4-3-17-12(19)10(20(21)22)9(14)11(15)16;1-3-6-4-2-5-1/h1-2,9,20H,3-8,10H2;1-2,5,17H,3-4,6H2;5H,1-4H2/b16-14+;12-10+;. The van der Waals surface area contributed by atoms with Crippen LogP contribution < -0.4 is 16.0 Å². The minimum atomic E-state index is -0.617. The third-order valence-corrected chi connectivity index (χ3v) is 11.7. The molecule has 0 amide bonds. The fourth-order valence-electron chi connectivity index (χ4n) is 5.60. The third kappa shape index (κ3) is 14.0. The van der Waals surface area contributed by atoms with E-state index in [2.05, 4.69) is 25.9 Å². The van der Waals surface area contributed by atoms with Crippen LogP contribution in [0.25, 0.3) is 0 Å². The van der Waals surface area contributed by atoms with Crippen molar-refractivity contribution in [2.75, 3.05) is 75.4 Å². The van der Waals surface area contributed by atoms with Crippen LogP contribution in [-0.2, 0) is 13.1 Å². The summed E-state index contributed by atoms with van der Waals surface area (Å²) in [6.07, 6.45) is 3.27. The molecular formula is C32H37Cl7N10O4S2. The van der Waals surface area contributed by atoms with Crippen molar-refractivity contribution in [1.29, 1.82) is 0 Å². The number of hydrogen-bond donors (Lipinski definition) is 3. The Morgan fingerprint density at radius 2 is 1.15 bits per heavy atom. The molecule has 0 saturated carbocycles. The molecule has 23 heteroatoms. The molecule has 0 aromatic carbocycles. The Kier molecular flexibility index (Phi) is 19.2. The third-order valence-electron chi connectivity index (χ3n) is 8.07. The number of pyridine rings is 2. The number of nitro groups is 2. The summed E-state index contributed by atoms with van der Waals surface area (Å²) in [4.78, 5) is 35.8. The first-order chi connectivity index (χ1) is 26.4. The fourth-order valence-corrected chi connectivity index (χ4v) is 8.26. The Morgan fingerprint density at radius 1 is 0.673 bits per heavy atom. The average Bonchev–Trinajstić information content (AvgIpc) is 3.83. The van der Waals surface area contributed by atoms with Crippen molar-refractivity contribution in [1.82, 2.24) is 40.6 Å². The van der Waals surface area contributed by atoms with Crippen molar-refractivity contribution < 1.29 is 9.85 Å². The first-order valence-corrected chi connectivity index (χ1v) is 21.7. The number of nitrogens with zero attached hydrogens (tertiary/aromatic N) is 7. The van der Waals surface area contributed by atoms with Gasteiger partial charge in [0.05, 0.1) is 9.85 Å². The van der Waals surface area contributed by atoms with E-state index >= 15 is 0 Å². The lowest BCUT2D eigenvalue weighted by Crippen LogP contribution is -2.36. The van der Waals surface area contributed by atoms with E-state index in [9.17, 15) is 20.2 Å². The average molecular weight is 938 g/mol. The van der Waals surface area contributed by atoms with Crippen LogP contribution >= 0.6 is 105 Å². The smallest absolute Gasteiger partial charge is 0.334 e. The minimum absolute atomic E-state index is 0.0945. The highest BCUT2D eigenvalue weighted by atomic mass is 35.5. The zero-order chi connectivity index (χ0) is 39.9. The van der Waals surface area contributed by atoms with Gasteiger partial charge in [-0.2, -0.15) is 23.5 Å². The van der Waals surface area contributed by atoms with E-state index in [0.29, 0.717) is 68.5 Å².